The van der Waals surface area contributed by atoms with E-state index in [1.807, 2.05) is 29.2 Å². The van der Waals surface area contributed by atoms with Gasteiger partial charge in [0, 0.05) is 36.3 Å². The molecule has 0 aliphatic carbocycles. The van der Waals surface area contributed by atoms with Gasteiger partial charge in [-0.2, -0.15) is 5.10 Å². The third-order valence-electron chi connectivity index (χ3n) is 3.66. The highest BCUT2D eigenvalue weighted by atomic mass is 16.2. The molecule has 1 aliphatic heterocycles. The third-order valence-corrected chi connectivity index (χ3v) is 3.66. The van der Waals surface area contributed by atoms with Crippen LogP contribution in [0, 0.1) is 0 Å². The van der Waals surface area contributed by atoms with Crippen molar-refractivity contribution < 1.29 is 4.79 Å². The van der Waals surface area contributed by atoms with Crippen LogP contribution in [0.1, 0.15) is 24.2 Å². The number of nitrogens with one attached hydrogen (secondary N) is 2. The molecule has 110 valence electrons. The van der Waals surface area contributed by atoms with Crippen LogP contribution in [0.2, 0.25) is 0 Å². The minimum atomic E-state index is -0.0452. The quantitative estimate of drug-likeness (QED) is 0.872. The second-order valence-corrected chi connectivity index (χ2v) is 5.95. The van der Waals surface area contributed by atoms with E-state index in [0.29, 0.717) is 17.9 Å². The van der Waals surface area contributed by atoms with Gasteiger partial charge >= 0.3 is 0 Å². The lowest BCUT2D eigenvalue weighted by atomic mass is 10.0. The van der Waals surface area contributed by atoms with Crippen molar-refractivity contribution >= 4 is 5.91 Å². The number of piperazine rings is 1. The summed E-state index contributed by atoms with van der Waals surface area (Å²) in [6.45, 7) is 6.47. The van der Waals surface area contributed by atoms with Gasteiger partial charge in [-0.15, -0.1) is 0 Å². The van der Waals surface area contributed by atoms with E-state index in [1.165, 1.54) is 6.33 Å². The van der Waals surface area contributed by atoms with Gasteiger partial charge in [0.05, 0.1) is 0 Å². The van der Waals surface area contributed by atoms with Gasteiger partial charge in [0.15, 0.2) is 5.82 Å². The highest BCUT2D eigenvalue weighted by molar-refractivity contribution is 5.95. The van der Waals surface area contributed by atoms with Crippen molar-refractivity contribution in [3.05, 3.63) is 36.2 Å². The molecule has 0 radical (unpaired) electrons. The predicted octanol–water partition coefficient (Wildman–Crippen LogP) is 1.30. The van der Waals surface area contributed by atoms with Crippen LogP contribution in [0.3, 0.4) is 0 Å². The molecule has 0 saturated carbocycles. The molecule has 2 N–H and O–H groups in total. The summed E-state index contributed by atoms with van der Waals surface area (Å²) in [5.74, 6) is 0.733. The van der Waals surface area contributed by atoms with Gasteiger partial charge in [-0.05, 0) is 26.0 Å². The molecule has 1 aromatic heterocycles. The first kappa shape index (κ1) is 13.8. The number of nitrogens with zero attached hydrogens (tertiary/aromatic N) is 3. The van der Waals surface area contributed by atoms with Crippen molar-refractivity contribution in [2.45, 2.75) is 19.4 Å². The summed E-state index contributed by atoms with van der Waals surface area (Å²) in [6, 6.07) is 7.49. The largest absolute Gasteiger partial charge is 0.336 e. The van der Waals surface area contributed by atoms with Crippen LogP contribution >= 0.6 is 0 Å². The maximum atomic E-state index is 12.7. The summed E-state index contributed by atoms with van der Waals surface area (Å²) in [6.07, 6.45) is 1.46. The second-order valence-electron chi connectivity index (χ2n) is 5.95. The Balaban J connectivity index is 1.83. The van der Waals surface area contributed by atoms with Gasteiger partial charge in [0.2, 0.25) is 0 Å². The number of aromatic nitrogens is 3. The number of H-pyrrole nitrogens is 1. The van der Waals surface area contributed by atoms with Crippen LogP contribution in [0.25, 0.3) is 11.4 Å². The Hall–Kier alpha value is -2.21. The summed E-state index contributed by atoms with van der Waals surface area (Å²) in [7, 11) is 0. The Kier molecular flexibility index (Phi) is 3.47. The van der Waals surface area contributed by atoms with Crippen LogP contribution in [0.4, 0.5) is 0 Å². The fourth-order valence-electron chi connectivity index (χ4n) is 2.64. The van der Waals surface area contributed by atoms with E-state index in [-0.39, 0.29) is 11.4 Å². The van der Waals surface area contributed by atoms with Crippen molar-refractivity contribution in [1.82, 2.24) is 25.4 Å². The molecule has 1 aromatic carbocycles. The minimum absolute atomic E-state index is 0.0452. The van der Waals surface area contributed by atoms with Crippen molar-refractivity contribution in [2.24, 2.45) is 0 Å². The number of benzene rings is 1. The van der Waals surface area contributed by atoms with E-state index < -0.39 is 0 Å². The monoisotopic (exact) mass is 285 g/mol. The first-order valence-corrected chi connectivity index (χ1v) is 7.05. The number of rotatable bonds is 2. The Morgan fingerprint density at radius 3 is 2.95 bits per heavy atom. The highest BCUT2D eigenvalue weighted by Crippen LogP contribution is 2.18. The van der Waals surface area contributed by atoms with Crippen LogP contribution in [0.15, 0.2) is 30.6 Å². The molecule has 0 unspecified atom stereocenters. The molecule has 1 saturated heterocycles. The fraction of sp³-hybridized carbons (Fsp3) is 0.400. The van der Waals surface area contributed by atoms with Crippen molar-refractivity contribution in [3.63, 3.8) is 0 Å². The average molecular weight is 285 g/mol. The molecule has 0 spiro atoms. The SMILES string of the molecule is CC1(C)CN(C(=O)c2cccc(-c3ncn[nH]3)c2)CCN1. The molecule has 6 heteroatoms. The molecule has 1 aliphatic rings. The second kappa shape index (κ2) is 5.29. The summed E-state index contributed by atoms with van der Waals surface area (Å²) < 4.78 is 0. The van der Waals surface area contributed by atoms with Crippen LogP contribution in [-0.4, -0.2) is 51.2 Å². The lowest BCUT2D eigenvalue weighted by Crippen LogP contribution is -2.58. The zero-order chi connectivity index (χ0) is 14.9. The van der Waals surface area contributed by atoms with E-state index in [2.05, 4.69) is 34.3 Å². The first-order chi connectivity index (χ1) is 10.1. The maximum absolute atomic E-state index is 12.7. The van der Waals surface area contributed by atoms with Gasteiger partial charge in [-0.1, -0.05) is 12.1 Å². The number of carbonyl (C=O) groups is 1. The normalized spacial score (nSPS) is 17.7. The summed E-state index contributed by atoms with van der Waals surface area (Å²) in [5.41, 5.74) is 1.51. The molecule has 1 fully saturated rings. The molecule has 21 heavy (non-hydrogen) atoms. The molecular weight excluding hydrogens is 266 g/mol. The zero-order valence-corrected chi connectivity index (χ0v) is 12.3. The van der Waals surface area contributed by atoms with Gasteiger partial charge in [0.1, 0.15) is 6.33 Å². The molecule has 6 nitrogen and oxygen atoms in total. The topological polar surface area (TPSA) is 73.9 Å². The summed E-state index contributed by atoms with van der Waals surface area (Å²) >= 11 is 0. The molecule has 1 amide bonds. The van der Waals surface area contributed by atoms with Crippen molar-refractivity contribution in [1.29, 1.82) is 0 Å². The Morgan fingerprint density at radius 2 is 2.24 bits per heavy atom. The lowest BCUT2D eigenvalue weighted by molar-refractivity contribution is 0.0652. The molecule has 2 heterocycles. The Labute approximate surface area is 123 Å². The number of hydrogen-bond donors (Lipinski definition) is 2. The first-order valence-electron chi connectivity index (χ1n) is 7.05. The van der Waals surface area contributed by atoms with Gasteiger partial charge in [-0.25, -0.2) is 4.98 Å². The molecule has 0 bridgehead atoms. The van der Waals surface area contributed by atoms with Gasteiger partial charge in [0.25, 0.3) is 5.91 Å². The number of amides is 1. The van der Waals surface area contributed by atoms with E-state index in [0.717, 1.165) is 18.7 Å². The molecule has 2 aromatic rings. The molecule has 0 atom stereocenters. The number of hydrogen-bond acceptors (Lipinski definition) is 4. The Morgan fingerprint density at radius 1 is 1.38 bits per heavy atom. The fourth-order valence-corrected chi connectivity index (χ4v) is 2.64. The molecule has 3 rings (SSSR count). The number of carbonyl (C=O) groups excluding carboxylic acids is 1. The van der Waals surface area contributed by atoms with E-state index >= 15 is 0 Å². The standard InChI is InChI=1S/C15H19N5O/c1-15(2)9-20(7-6-17-15)14(21)12-5-3-4-11(8-12)13-16-10-18-19-13/h3-5,8,10,17H,6-7,9H2,1-2H3,(H,16,18,19). The zero-order valence-electron chi connectivity index (χ0n) is 12.3. The van der Waals surface area contributed by atoms with Crippen molar-refractivity contribution in [2.75, 3.05) is 19.6 Å². The van der Waals surface area contributed by atoms with Crippen molar-refractivity contribution in [3.8, 4) is 11.4 Å². The van der Waals surface area contributed by atoms with E-state index in [4.69, 9.17) is 0 Å². The molecular formula is C15H19N5O. The van der Waals surface area contributed by atoms with Crippen LogP contribution < -0.4 is 5.32 Å². The lowest BCUT2D eigenvalue weighted by Gasteiger charge is -2.39. The van der Waals surface area contributed by atoms with Crippen LogP contribution in [0.5, 0.6) is 0 Å². The average Bonchev–Trinajstić information content (AvgIpc) is 3.00. The van der Waals surface area contributed by atoms with E-state index in [9.17, 15) is 4.79 Å². The minimum Gasteiger partial charge on any atom is -0.336 e. The van der Waals surface area contributed by atoms with Crippen LogP contribution in [-0.2, 0) is 0 Å². The third kappa shape index (κ3) is 2.95. The Bertz CT molecular complexity index is 635. The van der Waals surface area contributed by atoms with E-state index in [1.54, 1.807) is 0 Å². The summed E-state index contributed by atoms with van der Waals surface area (Å²) in [4.78, 5) is 18.7. The predicted molar refractivity (Wildman–Crippen MR) is 79.8 cm³/mol. The van der Waals surface area contributed by atoms with Gasteiger partial charge in [-0.3, -0.25) is 9.89 Å². The maximum Gasteiger partial charge on any atom is 0.253 e. The summed E-state index contributed by atoms with van der Waals surface area (Å²) in [5, 5.41) is 10.1. The van der Waals surface area contributed by atoms with Gasteiger partial charge < -0.3 is 10.2 Å². The number of aromatic amines is 1. The smallest absolute Gasteiger partial charge is 0.253 e. The highest BCUT2D eigenvalue weighted by Gasteiger charge is 2.29.